The van der Waals surface area contributed by atoms with Crippen LogP contribution in [-0.4, -0.2) is 30.9 Å². The van der Waals surface area contributed by atoms with Gasteiger partial charge in [-0.3, -0.25) is 4.79 Å². The lowest BCUT2D eigenvalue weighted by Gasteiger charge is -2.32. The van der Waals surface area contributed by atoms with Crippen LogP contribution in [0, 0.1) is 17.6 Å². The smallest absolute Gasteiger partial charge is 0.309 e. The molecule has 0 spiro atoms. The molecule has 1 aromatic heterocycles. The predicted molar refractivity (Wildman–Crippen MR) is 67.1 cm³/mol. The predicted octanol–water partition coefficient (Wildman–Crippen LogP) is 1.16. The Kier molecular flexibility index (Phi) is 3.99. The van der Waals surface area contributed by atoms with Crippen molar-refractivity contribution < 1.29 is 23.8 Å². The molecule has 2 rings (SSSR count). The van der Waals surface area contributed by atoms with E-state index in [1.165, 1.54) is 24.3 Å². The van der Waals surface area contributed by atoms with Crippen molar-refractivity contribution in [1.82, 2.24) is 14.8 Å². The maximum Gasteiger partial charge on any atom is 0.309 e. The molecule has 6 nitrogen and oxygen atoms in total. The third kappa shape index (κ3) is 2.89. The van der Waals surface area contributed by atoms with Gasteiger partial charge in [0.1, 0.15) is 29.9 Å². The highest BCUT2D eigenvalue weighted by molar-refractivity contribution is 5.71. The number of aromatic nitrogens is 3. The molecule has 8 heteroatoms. The van der Waals surface area contributed by atoms with Crippen LogP contribution in [0.5, 0.6) is 0 Å². The summed E-state index contributed by atoms with van der Waals surface area (Å²) in [6.07, 6.45) is 2.47. The van der Waals surface area contributed by atoms with Crippen molar-refractivity contribution in [3.63, 3.8) is 0 Å². The van der Waals surface area contributed by atoms with Crippen LogP contribution in [0.15, 0.2) is 30.9 Å². The first-order chi connectivity index (χ1) is 9.84. The van der Waals surface area contributed by atoms with Gasteiger partial charge in [0.15, 0.2) is 0 Å². The largest absolute Gasteiger partial charge is 0.481 e. The Morgan fingerprint density at radius 2 is 2.19 bits per heavy atom. The second kappa shape index (κ2) is 5.57. The summed E-state index contributed by atoms with van der Waals surface area (Å²) in [5, 5.41) is 23.7. The van der Waals surface area contributed by atoms with Crippen molar-refractivity contribution in [3.8, 4) is 0 Å². The average Bonchev–Trinajstić information content (AvgIpc) is 2.89. The zero-order valence-electron chi connectivity index (χ0n) is 11.1. The van der Waals surface area contributed by atoms with Gasteiger partial charge in [-0.1, -0.05) is 6.07 Å². The first kappa shape index (κ1) is 15.0. The summed E-state index contributed by atoms with van der Waals surface area (Å²) in [5.74, 6) is -4.50. The second-order valence-electron chi connectivity index (χ2n) is 4.70. The Morgan fingerprint density at radius 3 is 2.71 bits per heavy atom. The van der Waals surface area contributed by atoms with Crippen molar-refractivity contribution >= 4 is 5.97 Å². The molecule has 2 aromatic rings. The Labute approximate surface area is 118 Å². The number of carboxylic acid groups (broad SMARTS) is 1. The molecule has 2 atom stereocenters. The van der Waals surface area contributed by atoms with Gasteiger partial charge in [0.05, 0.1) is 12.5 Å². The van der Waals surface area contributed by atoms with Crippen LogP contribution in [0.2, 0.25) is 0 Å². The average molecular weight is 297 g/mol. The monoisotopic (exact) mass is 297 g/mol. The molecule has 0 aliphatic rings. The minimum Gasteiger partial charge on any atom is -0.481 e. The first-order valence-electron chi connectivity index (χ1n) is 6.07. The van der Waals surface area contributed by atoms with Crippen molar-refractivity contribution in [1.29, 1.82) is 0 Å². The number of nitrogens with zero attached hydrogens (tertiary/aromatic N) is 3. The fourth-order valence-electron chi connectivity index (χ4n) is 2.06. The van der Waals surface area contributed by atoms with Crippen molar-refractivity contribution in [2.75, 3.05) is 0 Å². The van der Waals surface area contributed by atoms with Gasteiger partial charge in [-0.05, 0) is 13.0 Å². The number of hydrogen-bond donors (Lipinski definition) is 2. The highest BCUT2D eigenvalue weighted by atomic mass is 19.1. The molecule has 21 heavy (non-hydrogen) atoms. The minimum atomic E-state index is -2.10. The summed E-state index contributed by atoms with van der Waals surface area (Å²) in [4.78, 5) is 14.9. The van der Waals surface area contributed by atoms with Gasteiger partial charge >= 0.3 is 5.97 Å². The van der Waals surface area contributed by atoms with Crippen LogP contribution < -0.4 is 0 Å². The number of hydrogen-bond acceptors (Lipinski definition) is 4. The third-order valence-electron chi connectivity index (χ3n) is 3.35. The summed E-state index contributed by atoms with van der Waals surface area (Å²) in [6.45, 7) is 0.908. The maximum absolute atomic E-state index is 14.0. The van der Waals surface area contributed by atoms with Crippen LogP contribution >= 0.6 is 0 Å². The van der Waals surface area contributed by atoms with Gasteiger partial charge in [0.25, 0.3) is 0 Å². The molecular formula is C13H13F2N3O3. The van der Waals surface area contributed by atoms with E-state index in [9.17, 15) is 18.7 Å². The molecule has 0 bridgehead atoms. The van der Waals surface area contributed by atoms with Crippen LogP contribution in [-0.2, 0) is 16.9 Å². The highest BCUT2D eigenvalue weighted by Crippen LogP contribution is 2.33. The zero-order chi connectivity index (χ0) is 15.6. The summed E-state index contributed by atoms with van der Waals surface area (Å²) < 4.78 is 28.1. The SMILES string of the molecule is CC(C(=O)O)[C@](O)(Cn1cncn1)c1ccc(F)cc1F. The quantitative estimate of drug-likeness (QED) is 0.864. The summed E-state index contributed by atoms with van der Waals surface area (Å²) >= 11 is 0. The van der Waals surface area contributed by atoms with E-state index in [4.69, 9.17) is 5.11 Å². The zero-order valence-corrected chi connectivity index (χ0v) is 11.1. The molecule has 0 fully saturated rings. The highest BCUT2D eigenvalue weighted by Gasteiger charge is 2.42. The number of aliphatic carboxylic acids is 1. The van der Waals surface area contributed by atoms with Crippen molar-refractivity contribution in [2.24, 2.45) is 5.92 Å². The Morgan fingerprint density at radius 1 is 1.48 bits per heavy atom. The molecular weight excluding hydrogens is 284 g/mol. The molecule has 1 heterocycles. The maximum atomic E-state index is 14.0. The lowest BCUT2D eigenvalue weighted by Crippen LogP contribution is -2.42. The van der Waals surface area contributed by atoms with Gasteiger partial charge in [0, 0.05) is 11.6 Å². The van der Waals surface area contributed by atoms with Gasteiger partial charge < -0.3 is 10.2 Å². The standard InChI is InChI=1S/C13H13F2N3O3/c1-8(12(19)20)13(21,5-18-7-16-6-17-18)10-3-2-9(14)4-11(10)15/h2-4,6-8,21H,5H2,1H3,(H,19,20)/t8?,13-/m1/s1. The molecule has 1 unspecified atom stereocenters. The second-order valence-corrected chi connectivity index (χ2v) is 4.70. The Balaban J connectivity index is 2.51. The number of carboxylic acids is 1. The number of halogens is 2. The number of carbonyl (C=O) groups is 1. The Bertz CT molecular complexity index is 648. The Hall–Kier alpha value is -2.35. The molecule has 2 N–H and O–H groups in total. The normalized spacial score (nSPS) is 15.4. The van der Waals surface area contributed by atoms with Gasteiger partial charge in [-0.15, -0.1) is 0 Å². The van der Waals surface area contributed by atoms with Gasteiger partial charge in [-0.25, -0.2) is 18.4 Å². The van der Waals surface area contributed by atoms with Crippen LogP contribution in [0.4, 0.5) is 8.78 Å². The molecule has 0 saturated heterocycles. The fourth-order valence-corrected chi connectivity index (χ4v) is 2.06. The van der Waals surface area contributed by atoms with E-state index in [1.807, 2.05) is 0 Å². The number of benzene rings is 1. The van der Waals surface area contributed by atoms with E-state index in [0.717, 1.165) is 12.1 Å². The number of rotatable bonds is 5. The van der Waals surface area contributed by atoms with Crippen LogP contribution in [0.1, 0.15) is 12.5 Å². The molecule has 0 amide bonds. The van der Waals surface area contributed by atoms with Crippen molar-refractivity contribution in [2.45, 2.75) is 19.1 Å². The summed E-state index contributed by atoms with van der Waals surface area (Å²) in [5.41, 5.74) is -2.41. The van der Waals surface area contributed by atoms with Crippen LogP contribution in [0.25, 0.3) is 0 Å². The molecule has 0 radical (unpaired) electrons. The summed E-state index contributed by atoms with van der Waals surface area (Å²) in [6, 6.07) is 2.58. The van der Waals surface area contributed by atoms with E-state index < -0.39 is 29.1 Å². The fraction of sp³-hybridized carbons (Fsp3) is 0.308. The molecule has 0 aliphatic heterocycles. The lowest BCUT2D eigenvalue weighted by atomic mass is 9.81. The molecule has 0 aliphatic carbocycles. The third-order valence-corrected chi connectivity index (χ3v) is 3.35. The molecule has 112 valence electrons. The van der Waals surface area contributed by atoms with E-state index >= 15 is 0 Å². The van der Waals surface area contributed by atoms with E-state index in [2.05, 4.69) is 10.1 Å². The lowest BCUT2D eigenvalue weighted by molar-refractivity contribution is -0.153. The number of aliphatic hydroxyl groups is 1. The first-order valence-corrected chi connectivity index (χ1v) is 6.07. The van der Waals surface area contributed by atoms with Gasteiger partial charge in [-0.2, -0.15) is 5.10 Å². The van der Waals surface area contributed by atoms with E-state index in [0.29, 0.717) is 6.07 Å². The minimum absolute atomic E-state index is 0.311. The van der Waals surface area contributed by atoms with E-state index in [1.54, 1.807) is 0 Å². The molecule has 1 aromatic carbocycles. The summed E-state index contributed by atoms with van der Waals surface area (Å²) in [7, 11) is 0. The topological polar surface area (TPSA) is 88.2 Å². The van der Waals surface area contributed by atoms with Crippen LogP contribution in [0.3, 0.4) is 0 Å². The van der Waals surface area contributed by atoms with E-state index in [-0.39, 0.29) is 12.1 Å². The van der Waals surface area contributed by atoms with Gasteiger partial charge in [0.2, 0.25) is 0 Å². The van der Waals surface area contributed by atoms with Crippen molar-refractivity contribution in [3.05, 3.63) is 48.1 Å². The molecule has 0 saturated carbocycles.